The summed E-state index contributed by atoms with van der Waals surface area (Å²) in [5.74, 6) is -1.77. The van der Waals surface area contributed by atoms with Gasteiger partial charge in [0.2, 0.25) is 5.91 Å². The Kier molecular flexibility index (Phi) is 7.80. The van der Waals surface area contributed by atoms with Crippen molar-refractivity contribution in [1.82, 2.24) is 0 Å². The molecule has 3 aromatic carbocycles. The molecule has 32 heavy (non-hydrogen) atoms. The Morgan fingerprint density at radius 2 is 1.62 bits per heavy atom. The highest BCUT2D eigenvalue weighted by Gasteiger charge is 2.17. The predicted molar refractivity (Wildman–Crippen MR) is 128 cm³/mol. The number of carboxylic acid groups (broad SMARTS) is 1. The van der Waals surface area contributed by atoms with Gasteiger partial charge in [-0.15, -0.1) is 11.8 Å². The van der Waals surface area contributed by atoms with Crippen LogP contribution in [-0.4, -0.2) is 28.1 Å². The van der Waals surface area contributed by atoms with E-state index < -0.39 is 11.2 Å². The van der Waals surface area contributed by atoms with Crippen molar-refractivity contribution in [2.75, 3.05) is 10.6 Å². The van der Waals surface area contributed by atoms with Crippen molar-refractivity contribution in [2.24, 2.45) is 0 Å². The third-order valence-electron chi connectivity index (χ3n) is 4.33. The van der Waals surface area contributed by atoms with Crippen LogP contribution in [0.25, 0.3) is 0 Å². The number of carbonyl (C=O) groups excluding carboxylic acids is 2. The summed E-state index contributed by atoms with van der Waals surface area (Å²) in [7, 11) is 0. The van der Waals surface area contributed by atoms with Crippen molar-refractivity contribution < 1.29 is 19.5 Å². The summed E-state index contributed by atoms with van der Waals surface area (Å²) in [4.78, 5) is 37.0. The third kappa shape index (κ3) is 6.26. The van der Waals surface area contributed by atoms with Gasteiger partial charge >= 0.3 is 5.97 Å². The molecule has 6 nitrogen and oxygen atoms in total. The van der Waals surface area contributed by atoms with Crippen molar-refractivity contribution in [1.29, 1.82) is 0 Å². The van der Waals surface area contributed by atoms with Crippen LogP contribution in [0.1, 0.15) is 27.6 Å². The molecule has 3 rings (SSSR count). The van der Waals surface area contributed by atoms with Crippen LogP contribution in [0, 0.1) is 0 Å². The molecule has 0 aromatic heterocycles. The van der Waals surface area contributed by atoms with Gasteiger partial charge < -0.3 is 15.7 Å². The number of amides is 2. The number of hydrogen-bond acceptors (Lipinski definition) is 4. The van der Waals surface area contributed by atoms with E-state index in [4.69, 9.17) is 28.3 Å². The maximum atomic E-state index is 12.6. The fourth-order valence-electron chi connectivity index (χ4n) is 2.75. The largest absolute Gasteiger partial charge is 0.478 e. The van der Waals surface area contributed by atoms with Crippen molar-refractivity contribution >= 4 is 64.1 Å². The van der Waals surface area contributed by atoms with E-state index in [1.807, 2.05) is 6.07 Å². The molecule has 0 fully saturated rings. The summed E-state index contributed by atoms with van der Waals surface area (Å²) in [5.41, 5.74) is 1.27. The van der Waals surface area contributed by atoms with Crippen LogP contribution in [0.5, 0.6) is 0 Å². The van der Waals surface area contributed by atoms with E-state index in [-0.39, 0.29) is 22.4 Å². The molecule has 0 aliphatic carbocycles. The summed E-state index contributed by atoms with van der Waals surface area (Å²) in [6.45, 7) is 1.73. The van der Waals surface area contributed by atoms with Gasteiger partial charge in [0, 0.05) is 26.9 Å². The lowest BCUT2D eigenvalue weighted by Gasteiger charge is -2.14. The highest BCUT2D eigenvalue weighted by atomic mass is 35.5. The number of thioether (sulfide) groups is 1. The van der Waals surface area contributed by atoms with Gasteiger partial charge in [0.25, 0.3) is 5.91 Å². The summed E-state index contributed by atoms with van der Waals surface area (Å²) < 4.78 is 0. The van der Waals surface area contributed by atoms with E-state index in [2.05, 4.69) is 10.6 Å². The van der Waals surface area contributed by atoms with Gasteiger partial charge in [0.1, 0.15) is 0 Å². The Bertz CT molecular complexity index is 1190. The number of carboxylic acids is 1. The van der Waals surface area contributed by atoms with Gasteiger partial charge in [-0.1, -0.05) is 35.3 Å². The molecule has 9 heteroatoms. The van der Waals surface area contributed by atoms with Gasteiger partial charge in [-0.05, 0) is 61.5 Å². The zero-order valence-corrected chi connectivity index (χ0v) is 19.1. The van der Waals surface area contributed by atoms with Crippen LogP contribution in [0.3, 0.4) is 0 Å². The number of rotatable bonds is 7. The maximum Gasteiger partial charge on any atom is 0.337 e. The second-order valence-corrected chi connectivity index (χ2v) is 9.00. The fraction of sp³-hybridized carbons (Fsp3) is 0.0870. The zero-order chi connectivity index (χ0) is 23.3. The number of carbonyl (C=O) groups is 3. The van der Waals surface area contributed by atoms with Gasteiger partial charge in [-0.2, -0.15) is 0 Å². The first-order valence-electron chi connectivity index (χ1n) is 9.40. The second kappa shape index (κ2) is 10.5. The summed E-state index contributed by atoms with van der Waals surface area (Å²) in [6.07, 6.45) is 0. The molecule has 1 unspecified atom stereocenters. The Balaban J connectivity index is 1.64. The minimum Gasteiger partial charge on any atom is -0.478 e. The van der Waals surface area contributed by atoms with Crippen LogP contribution in [0.15, 0.2) is 71.6 Å². The second-order valence-electron chi connectivity index (χ2n) is 6.74. The molecule has 0 saturated heterocycles. The van der Waals surface area contributed by atoms with Crippen molar-refractivity contribution in [3.63, 3.8) is 0 Å². The molecule has 1 atom stereocenters. The number of benzene rings is 3. The molecule has 0 aliphatic heterocycles. The maximum absolute atomic E-state index is 12.6. The van der Waals surface area contributed by atoms with Crippen molar-refractivity contribution in [3.8, 4) is 0 Å². The molecule has 164 valence electrons. The SMILES string of the molecule is CC(Sc1cccc(NC(=O)c2cccc(Cl)c2)c1)C(=O)Nc1ccc(Cl)c(C(=O)O)c1. The van der Waals surface area contributed by atoms with Crippen molar-refractivity contribution in [2.45, 2.75) is 17.1 Å². The quantitative estimate of drug-likeness (QED) is 0.351. The van der Waals surface area contributed by atoms with Crippen LogP contribution >= 0.6 is 35.0 Å². The standard InChI is InChI=1S/C23H18Cl2N2O4S/c1-13(21(28)26-17-8-9-20(25)19(12-17)23(30)31)32-18-7-3-6-16(11-18)27-22(29)14-4-2-5-15(24)10-14/h2-13H,1H3,(H,26,28)(H,27,29)(H,30,31). The molecule has 0 bridgehead atoms. The minimum atomic E-state index is -1.18. The first-order chi connectivity index (χ1) is 15.2. The number of hydrogen-bond donors (Lipinski definition) is 3. The van der Waals surface area contributed by atoms with Crippen LogP contribution in [0.2, 0.25) is 10.0 Å². The van der Waals surface area contributed by atoms with Crippen LogP contribution < -0.4 is 10.6 Å². The molecular formula is C23H18Cl2N2O4S. The summed E-state index contributed by atoms with van der Waals surface area (Å²) >= 11 is 13.1. The summed E-state index contributed by atoms with van der Waals surface area (Å²) in [5, 5.41) is 14.7. The van der Waals surface area contributed by atoms with Gasteiger partial charge in [0.05, 0.1) is 15.8 Å². The Hall–Kier alpha value is -3.00. The van der Waals surface area contributed by atoms with E-state index in [0.717, 1.165) is 4.90 Å². The van der Waals surface area contributed by atoms with E-state index in [1.165, 1.54) is 30.0 Å². The van der Waals surface area contributed by atoms with Gasteiger partial charge in [-0.25, -0.2) is 4.79 Å². The van der Waals surface area contributed by atoms with Crippen LogP contribution in [0.4, 0.5) is 11.4 Å². The molecule has 0 heterocycles. The average Bonchev–Trinajstić information content (AvgIpc) is 2.75. The molecule has 0 saturated carbocycles. The molecule has 0 spiro atoms. The Labute approximate surface area is 198 Å². The number of aromatic carboxylic acids is 1. The first kappa shape index (κ1) is 23.7. The Morgan fingerprint density at radius 1 is 0.906 bits per heavy atom. The predicted octanol–water partition coefficient (Wildman–Crippen LogP) is 6.06. The number of nitrogens with one attached hydrogen (secondary N) is 2. The smallest absolute Gasteiger partial charge is 0.337 e. The molecular weight excluding hydrogens is 471 g/mol. The average molecular weight is 489 g/mol. The highest BCUT2D eigenvalue weighted by molar-refractivity contribution is 8.00. The lowest BCUT2D eigenvalue weighted by molar-refractivity contribution is -0.115. The van der Waals surface area contributed by atoms with E-state index >= 15 is 0 Å². The Morgan fingerprint density at radius 3 is 2.34 bits per heavy atom. The third-order valence-corrected chi connectivity index (χ3v) is 5.98. The first-order valence-corrected chi connectivity index (χ1v) is 11.0. The van der Waals surface area contributed by atoms with Crippen LogP contribution in [-0.2, 0) is 4.79 Å². The molecule has 3 N–H and O–H groups in total. The van der Waals surface area contributed by atoms with Gasteiger partial charge in [0.15, 0.2) is 0 Å². The molecule has 2 amide bonds. The van der Waals surface area contributed by atoms with E-state index in [1.54, 1.807) is 49.4 Å². The minimum absolute atomic E-state index is 0.0899. The number of anilines is 2. The molecule has 3 aromatic rings. The zero-order valence-electron chi connectivity index (χ0n) is 16.8. The highest BCUT2D eigenvalue weighted by Crippen LogP contribution is 2.28. The lowest BCUT2D eigenvalue weighted by Crippen LogP contribution is -2.22. The molecule has 0 aliphatic rings. The van der Waals surface area contributed by atoms with E-state index in [9.17, 15) is 14.4 Å². The number of halogens is 2. The van der Waals surface area contributed by atoms with Crippen molar-refractivity contribution in [3.05, 3.63) is 87.9 Å². The fourth-order valence-corrected chi connectivity index (χ4v) is 4.06. The van der Waals surface area contributed by atoms with Gasteiger partial charge in [-0.3, -0.25) is 9.59 Å². The normalized spacial score (nSPS) is 11.5. The topological polar surface area (TPSA) is 95.5 Å². The molecule has 0 radical (unpaired) electrons. The lowest BCUT2D eigenvalue weighted by atomic mass is 10.2. The monoisotopic (exact) mass is 488 g/mol. The van der Waals surface area contributed by atoms with E-state index in [0.29, 0.717) is 22.0 Å². The summed E-state index contributed by atoms with van der Waals surface area (Å²) in [6, 6.07) is 18.0.